The molecule has 9 rings (SSSR count). The Hall–Kier alpha value is -4.71. The van der Waals surface area contributed by atoms with Crippen molar-refractivity contribution in [1.82, 2.24) is 34.7 Å². The number of carbonyl (C=O) groups is 1. The van der Waals surface area contributed by atoms with E-state index < -0.39 is 41.7 Å². The van der Waals surface area contributed by atoms with Gasteiger partial charge >= 0.3 is 0 Å². The standard InChI is InChI=1S/C22H28N4O4S.C22H26N4O3S.CH2Cl2.CH4O3S/c1-13-17(21(27)23-12-22(2,3)28)11-20(24-13)31(29,30)26-14-8-9-16-15-6-4-5-7-18(15)25-19(16)10-14;1-13-17(21-23-12-22(2,3)29-21)11-20(24-13)30(27,28)26-14-8-9-16-15-6-4-5-7-18(15)25-19(16)10-14;2-1-3;1-5(2,3)4/h4-7,11,14,24-26,28H,8-10,12H2,1-3H3,(H,23,27);4-7,11,14,24-26H,8-10,12H2,1-3H3;1H2;1H3,(H,2,3,4)/t2*14-;;/m11../s1. The largest absolute Gasteiger partial charge is 0.469 e. The number of aryl methyl sites for hydroxylation is 4. The number of aliphatic hydroxyl groups is 1. The fourth-order valence-electron chi connectivity index (χ4n) is 8.46. The van der Waals surface area contributed by atoms with E-state index in [0.717, 1.165) is 47.4 Å². The quantitative estimate of drug-likeness (QED) is 0.0548. The van der Waals surface area contributed by atoms with Gasteiger partial charge in [0.05, 0.1) is 34.9 Å². The molecule has 69 heavy (non-hydrogen) atoms. The van der Waals surface area contributed by atoms with E-state index in [9.17, 15) is 35.2 Å². The number of fused-ring (bicyclic) bond motifs is 6. The number of alkyl halides is 2. The van der Waals surface area contributed by atoms with Crippen LogP contribution in [0.25, 0.3) is 21.8 Å². The molecular formula is C46H60Cl2N8O10S3. The molecule has 0 saturated carbocycles. The number of para-hydroxylation sites is 2. The van der Waals surface area contributed by atoms with Crippen LogP contribution in [0.1, 0.15) is 90.4 Å². The monoisotopic (exact) mass is 1050 g/mol. The summed E-state index contributed by atoms with van der Waals surface area (Å²) in [6.07, 6.45) is 5.06. The summed E-state index contributed by atoms with van der Waals surface area (Å²) in [5.41, 5.74) is 7.62. The normalized spacial score (nSPS) is 17.8. The molecular weight excluding hydrogens is 992 g/mol. The summed E-state index contributed by atoms with van der Waals surface area (Å²) in [5.74, 6) is 0.0632. The molecule has 9 N–H and O–H groups in total. The van der Waals surface area contributed by atoms with Gasteiger partial charge in [0.15, 0.2) is 0 Å². The van der Waals surface area contributed by atoms with Crippen LogP contribution < -0.4 is 14.8 Å². The molecule has 18 nitrogen and oxygen atoms in total. The van der Waals surface area contributed by atoms with Crippen molar-refractivity contribution in [3.8, 4) is 0 Å². The highest BCUT2D eigenvalue weighted by Gasteiger charge is 2.33. The number of rotatable bonds is 10. The second kappa shape index (κ2) is 21.3. The summed E-state index contributed by atoms with van der Waals surface area (Å²) in [6.45, 7) is 11.2. The topological polar surface area (TPSA) is 281 Å². The molecule has 2 aliphatic carbocycles. The molecule has 376 valence electrons. The number of amides is 1. The first-order chi connectivity index (χ1) is 32.2. The number of aromatic nitrogens is 4. The van der Waals surface area contributed by atoms with Crippen LogP contribution in [0.3, 0.4) is 0 Å². The summed E-state index contributed by atoms with van der Waals surface area (Å²) in [6, 6.07) is 18.9. The third kappa shape index (κ3) is 14.0. The number of hydrogen-bond acceptors (Lipinski definition) is 10. The highest BCUT2D eigenvalue weighted by atomic mass is 35.5. The fourth-order valence-corrected chi connectivity index (χ4v) is 11.1. The van der Waals surface area contributed by atoms with E-state index in [0.29, 0.717) is 49.2 Å². The predicted octanol–water partition coefficient (Wildman–Crippen LogP) is 6.26. The Morgan fingerprint density at radius 2 is 1.25 bits per heavy atom. The molecule has 0 saturated heterocycles. The maximum Gasteiger partial charge on any atom is 0.261 e. The zero-order chi connectivity index (χ0) is 50.7. The molecule has 0 unspecified atom stereocenters. The van der Waals surface area contributed by atoms with Gasteiger partial charge in [-0.05, 0) is 103 Å². The third-order valence-corrected chi connectivity index (χ3v) is 14.4. The minimum absolute atomic E-state index is 0.0409. The fraction of sp³-hybridized carbons (Fsp3) is 0.435. The summed E-state index contributed by atoms with van der Waals surface area (Å²) < 4.78 is 89.5. The number of ether oxygens (including phenoxy) is 1. The average Bonchev–Trinajstić information content (AvgIpc) is 4.08. The molecule has 2 aromatic carbocycles. The zero-order valence-corrected chi connectivity index (χ0v) is 43.3. The SMILES string of the molecule is CS(=O)(=O)O.Cc1[nH]c(S(=O)(=O)N[C@@H]2CCc3c([nH]c4ccccc34)C2)cc1C(=O)NCC(C)(C)O.Cc1[nH]c(S(=O)(=O)N[C@@H]2CCc3c([nH]c4ccccc34)C2)cc1C1=NCC(C)(C)O1.ClCCl. The average molecular weight is 1050 g/mol. The minimum Gasteiger partial charge on any atom is -0.469 e. The maximum atomic E-state index is 13.1. The Morgan fingerprint density at radius 3 is 1.70 bits per heavy atom. The molecule has 0 spiro atoms. The van der Waals surface area contributed by atoms with E-state index in [1.54, 1.807) is 26.8 Å². The number of aromatic amines is 4. The van der Waals surface area contributed by atoms with E-state index in [1.165, 1.54) is 28.0 Å². The van der Waals surface area contributed by atoms with Gasteiger partial charge in [0, 0.05) is 76.1 Å². The van der Waals surface area contributed by atoms with Crippen LogP contribution >= 0.6 is 23.2 Å². The van der Waals surface area contributed by atoms with Crippen molar-refractivity contribution in [3.63, 3.8) is 0 Å². The number of hydrogen-bond donors (Lipinski definition) is 9. The van der Waals surface area contributed by atoms with Crippen LogP contribution in [0.5, 0.6) is 0 Å². The lowest BCUT2D eigenvalue weighted by atomic mass is 9.92. The molecule has 0 radical (unpaired) electrons. The molecule has 4 aromatic heterocycles. The third-order valence-electron chi connectivity index (χ3n) is 11.5. The highest BCUT2D eigenvalue weighted by molar-refractivity contribution is 7.89. The Bertz CT molecular complexity index is 3180. The van der Waals surface area contributed by atoms with E-state index in [2.05, 4.69) is 57.9 Å². The number of benzene rings is 2. The minimum atomic E-state index is -3.82. The van der Waals surface area contributed by atoms with Crippen molar-refractivity contribution in [2.75, 3.05) is 24.7 Å². The van der Waals surface area contributed by atoms with Gasteiger partial charge < -0.3 is 35.1 Å². The van der Waals surface area contributed by atoms with Gasteiger partial charge in [-0.3, -0.25) is 9.35 Å². The van der Waals surface area contributed by atoms with E-state index in [1.807, 2.05) is 51.1 Å². The smallest absolute Gasteiger partial charge is 0.261 e. The van der Waals surface area contributed by atoms with Gasteiger partial charge in [-0.2, -0.15) is 8.42 Å². The number of halogens is 2. The van der Waals surface area contributed by atoms with Gasteiger partial charge in [-0.1, -0.05) is 36.4 Å². The molecule has 23 heteroatoms. The molecule has 2 atom stereocenters. The maximum absolute atomic E-state index is 13.1. The summed E-state index contributed by atoms with van der Waals surface area (Å²) in [7, 11) is -11.2. The number of aliphatic imine (C=N–C) groups is 1. The number of sulfonamides is 2. The summed E-state index contributed by atoms with van der Waals surface area (Å²) in [5, 5.41) is 15.1. The zero-order valence-electron chi connectivity index (χ0n) is 39.4. The van der Waals surface area contributed by atoms with Crippen LogP contribution in [-0.4, -0.2) is 115 Å². The highest BCUT2D eigenvalue weighted by Crippen LogP contribution is 2.32. The lowest BCUT2D eigenvalue weighted by Crippen LogP contribution is -2.39. The van der Waals surface area contributed by atoms with E-state index in [-0.39, 0.29) is 45.2 Å². The predicted molar refractivity (Wildman–Crippen MR) is 269 cm³/mol. The Labute approximate surface area is 412 Å². The van der Waals surface area contributed by atoms with Crippen LogP contribution in [0.15, 0.2) is 75.7 Å². The van der Waals surface area contributed by atoms with Crippen LogP contribution in [-0.2, 0) is 60.6 Å². The van der Waals surface area contributed by atoms with Gasteiger partial charge in [0.2, 0.25) is 5.90 Å². The second-order valence-electron chi connectivity index (χ2n) is 18.5. The van der Waals surface area contributed by atoms with Crippen molar-refractivity contribution in [2.45, 2.75) is 113 Å². The molecule has 0 fully saturated rings. The number of H-pyrrole nitrogens is 4. The first kappa shape index (κ1) is 53.6. The van der Waals surface area contributed by atoms with Gasteiger partial charge in [0.1, 0.15) is 15.7 Å². The summed E-state index contributed by atoms with van der Waals surface area (Å²) >= 11 is 9.53. The molecule has 1 amide bonds. The molecule has 6 aromatic rings. The molecule has 1 aliphatic heterocycles. The number of carbonyl (C=O) groups excluding carboxylic acids is 1. The molecule has 5 heterocycles. The Morgan fingerprint density at radius 1 is 0.797 bits per heavy atom. The van der Waals surface area contributed by atoms with Crippen molar-refractivity contribution in [1.29, 1.82) is 0 Å². The molecule has 0 bridgehead atoms. The Balaban J connectivity index is 0.000000197. The van der Waals surface area contributed by atoms with Crippen molar-refractivity contribution in [2.24, 2.45) is 4.99 Å². The first-order valence-corrected chi connectivity index (χ1v) is 27.9. The van der Waals surface area contributed by atoms with Crippen molar-refractivity contribution in [3.05, 3.63) is 106 Å². The number of nitrogens with one attached hydrogen (secondary N) is 7. The van der Waals surface area contributed by atoms with Crippen LogP contribution in [0.4, 0.5) is 0 Å². The summed E-state index contributed by atoms with van der Waals surface area (Å²) in [4.78, 5) is 29.5. The lowest BCUT2D eigenvalue weighted by molar-refractivity contribution is 0.0694. The number of nitrogens with zero attached hydrogens (tertiary/aromatic N) is 1. The van der Waals surface area contributed by atoms with Gasteiger partial charge in [-0.25, -0.2) is 31.3 Å². The van der Waals surface area contributed by atoms with Crippen LogP contribution in [0, 0.1) is 13.8 Å². The van der Waals surface area contributed by atoms with Gasteiger partial charge in [0.25, 0.3) is 36.1 Å². The van der Waals surface area contributed by atoms with Crippen LogP contribution in [0.2, 0.25) is 0 Å². The van der Waals surface area contributed by atoms with Gasteiger partial charge in [-0.15, -0.1) is 23.2 Å². The lowest BCUT2D eigenvalue weighted by Gasteiger charge is -2.23. The Kier molecular flexibility index (Phi) is 16.6. The van der Waals surface area contributed by atoms with E-state index in [4.69, 9.17) is 32.5 Å². The van der Waals surface area contributed by atoms with Crippen molar-refractivity contribution < 1.29 is 44.4 Å². The van der Waals surface area contributed by atoms with Crippen molar-refractivity contribution >= 4 is 87.0 Å². The van der Waals surface area contributed by atoms with E-state index >= 15 is 0 Å². The molecule has 3 aliphatic rings. The first-order valence-electron chi connectivity index (χ1n) is 22.1. The second-order valence-corrected chi connectivity index (χ2v) is 24.2.